The molecule has 3 aromatic rings. The fourth-order valence-corrected chi connectivity index (χ4v) is 3.06. The molecule has 23 heavy (non-hydrogen) atoms. The molecule has 0 amide bonds. The van der Waals surface area contributed by atoms with Crippen LogP contribution in [0, 0.1) is 5.82 Å². The number of halogens is 1. The Morgan fingerprint density at radius 3 is 2.87 bits per heavy atom. The van der Waals surface area contributed by atoms with Crippen molar-refractivity contribution < 1.29 is 14.0 Å². The molecule has 0 atom stereocenters. The number of Topliss-reactive ketones (excluding diaryl/α,β-unsaturated/α-hetero) is 2. The first-order chi connectivity index (χ1) is 11.1. The van der Waals surface area contributed by atoms with Crippen molar-refractivity contribution in [2.24, 2.45) is 0 Å². The van der Waals surface area contributed by atoms with Crippen molar-refractivity contribution in [1.29, 1.82) is 0 Å². The molecule has 6 nitrogen and oxygen atoms in total. The quantitative estimate of drug-likeness (QED) is 0.551. The first-order valence-corrected chi connectivity index (χ1v) is 7.62. The average Bonchev–Trinajstić information content (AvgIpc) is 3.19. The van der Waals surface area contributed by atoms with Gasteiger partial charge < -0.3 is 0 Å². The minimum atomic E-state index is -0.774. The highest BCUT2D eigenvalue weighted by Gasteiger charge is 2.22. The Hall–Kier alpha value is -2.74. The maximum atomic E-state index is 13.3. The molecule has 0 spiro atoms. The normalized spacial score (nSPS) is 10.7. The molecule has 116 valence electrons. The lowest BCUT2D eigenvalue weighted by Crippen LogP contribution is -2.18. The average molecular weight is 330 g/mol. The predicted molar refractivity (Wildman–Crippen MR) is 80.7 cm³/mol. The van der Waals surface area contributed by atoms with E-state index in [2.05, 4.69) is 20.6 Å². The highest BCUT2D eigenvalue weighted by Crippen LogP contribution is 2.22. The van der Waals surface area contributed by atoms with Crippen LogP contribution in [0.5, 0.6) is 0 Å². The van der Waals surface area contributed by atoms with Gasteiger partial charge in [-0.1, -0.05) is 12.1 Å². The molecule has 2 aromatic heterocycles. The van der Waals surface area contributed by atoms with Crippen molar-refractivity contribution in [3.8, 4) is 0 Å². The monoisotopic (exact) mass is 330 g/mol. The van der Waals surface area contributed by atoms with Crippen molar-refractivity contribution in [3.05, 3.63) is 63.4 Å². The molecule has 0 radical (unpaired) electrons. The predicted octanol–water partition coefficient (Wildman–Crippen LogP) is 1.99. The number of carbonyl (C=O) groups excluding carboxylic acids is 2. The molecule has 0 saturated heterocycles. The van der Waals surface area contributed by atoms with E-state index in [1.165, 1.54) is 23.5 Å². The lowest BCUT2D eigenvalue weighted by Gasteiger charge is -2.03. The topological polar surface area (TPSA) is 88.6 Å². The maximum absolute atomic E-state index is 13.3. The number of thiophene rings is 1. The molecule has 1 N–H and O–H groups in total. The number of benzene rings is 1. The zero-order valence-corrected chi connectivity index (χ0v) is 12.6. The maximum Gasteiger partial charge on any atom is 0.269 e. The molecule has 2 heterocycles. The van der Waals surface area contributed by atoms with Gasteiger partial charge in [0.2, 0.25) is 11.6 Å². The number of nitrogens with zero attached hydrogens (tertiary/aromatic N) is 3. The third-order valence-electron chi connectivity index (χ3n) is 3.24. The van der Waals surface area contributed by atoms with E-state index in [4.69, 9.17) is 0 Å². The highest BCUT2D eigenvalue weighted by atomic mass is 32.1. The molecule has 3 rings (SSSR count). The van der Waals surface area contributed by atoms with Gasteiger partial charge in [-0.3, -0.25) is 9.59 Å². The number of H-pyrrole nitrogens is 1. The van der Waals surface area contributed by atoms with Gasteiger partial charge >= 0.3 is 0 Å². The molecule has 0 bridgehead atoms. The van der Waals surface area contributed by atoms with Gasteiger partial charge in [-0.25, -0.2) is 4.39 Å². The number of carbonyl (C=O) groups is 2. The van der Waals surface area contributed by atoms with E-state index in [1.54, 1.807) is 6.07 Å². The van der Waals surface area contributed by atoms with Crippen LogP contribution in [0.4, 0.5) is 4.39 Å². The SMILES string of the molecule is O=C(Cc1sccc1Cc1cccc(F)c1)C(=O)c1nn[nH]n1. The van der Waals surface area contributed by atoms with E-state index >= 15 is 0 Å². The zero-order valence-electron chi connectivity index (χ0n) is 11.8. The number of rotatable bonds is 6. The van der Waals surface area contributed by atoms with E-state index < -0.39 is 11.6 Å². The lowest BCUT2D eigenvalue weighted by molar-refractivity contribution is -0.114. The first kappa shape index (κ1) is 15.2. The van der Waals surface area contributed by atoms with Gasteiger partial charge in [0.25, 0.3) is 5.78 Å². The molecule has 0 aliphatic rings. The third kappa shape index (κ3) is 3.54. The number of hydrogen-bond donors (Lipinski definition) is 1. The molecular weight excluding hydrogens is 319 g/mol. The number of hydrogen-bond acceptors (Lipinski definition) is 6. The Morgan fingerprint density at radius 1 is 1.26 bits per heavy atom. The van der Waals surface area contributed by atoms with Crippen molar-refractivity contribution in [3.63, 3.8) is 0 Å². The smallest absolute Gasteiger partial charge is 0.269 e. The Balaban J connectivity index is 1.73. The second-order valence-electron chi connectivity index (χ2n) is 4.84. The van der Waals surface area contributed by atoms with Crippen LogP contribution in [-0.4, -0.2) is 32.2 Å². The van der Waals surface area contributed by atoms with E-state index in [1.807, 2.05) is 17.5 Å². The molecule has 8 heteroatoms. The summed E-state index contributed by atoms with van der Waals surface area (Å²) in [4.78, 5) is 24.7. The van der Waals surface area contributed by atoms with Crippen LogP contribution in [-0.2, 0) is 17.6 Å². The standard InChI is InChI=1S/C15H11FN4O2S/c16-11-3-1-2-9(7-11)6-10-4-5-23-13(10)8-12(21)14(22)15-17-19-20-18-15/h1-5,7H,6,8H2,(H,17,18,19,20). The van der Waals surface area contributed by atoms with E-state index in [-0.39, 0.29) is 18.1 Å². The summed E-state index contributed by atoms with van der Waals surface area (Å²) in [5, 5.41) is 14.3. The van der Waals surface area contributed by atoms with Crippen LogP contribution >= 0.6 is 11.3 Å². The molecule has 0 aliphatic heterocycles. The van der Waals surface area contributed by atoms with Crippen LogP contribution in [0.3, 0.4) is 0 Å². The van der Waals surface area contributed by atoms with Crippen molar-refractivity contribution in [2.75, 3.05) is 0 Å². The van der Waals surface area contributed by atoms with E-state index in [9.17, 15) is 14.0 Å². The minimum absolute atomic E-state index is 0.0321. The molecule has 0 fully saturated rings. The van der Waals surface area contributed by atoms with Crippen LogP contribution in [0.15, 0.2) is 35.7 Å². The van der Waals surface area contributed by atoms with E-state index in [0.29, 0.717) is 6.42 Å². The third-order valence-corrected chi connectivity index (χ3v) is 4.21. The van der Waals surface area contributed by atoms with Crippen LogP contribution in [0.2, 0.25) is 0 Å². The summed E-state index contributed by atoms with van der Waals surface area (Å²) in [7, 11) is 0. The van der Waals surface area contributed by atoms with Gasteiger partial charge in [0.15, 0.2) is 0 Å². The summed E-state index contributed by atoms with van der Waals surface area (Å²) in [6.07, 6.45) is 0.468. The first-order valence-electron chi connectivity index (χ1n) is 6.74. The van der Waals surface area contributed by atoms with Crippen LogP contribution in [0.25, 0.3) is 0 Å². The molecule has 0 aliphatic carbocycles. The second-order valence-corrected chi connectivity index (χ2v) is 5.84. The summed E-state index contributed by atoms with van der Waals surface area (Å²) in [6.45, 7) is 0. The van der Waals surface area contributed by atoms with Gasteiger partial charge in [-0.2, -0.15) is 5.21 Å². The number of ketones is 2. The van der Waals surface area contributed by atoms with Crippen LogP contribution < -0.4 is 0 Å². The van der Waals surface area contributed by atoms with Gasteiger partial charge in [-0.05, 0) is 46.3 Å². The van der Waals surface area contributed by atoms with Gasteiger partial charge in [0.1, 0.15) is 5.82 Å². The minimum Gasteiger partial charge on any atom is -0.290 e. The summed E-state index contributed by atoms with van der Waals surface area (Å²) in [6, 6.07) is 8.16. The summed E-state index contributed by atoms with van der Waals surface area (Å²) < 4.78 is 13.3. The molecule has 0 saturated carbocycles. The summed E-state index contributed by atoms with van der Waals surface area (Å²) >= 11 is 1.38. The largest absolute Gasteiger partial charge is 0.290 e. The fourth-order valence-electron chi connectivity index (χ4n) is 2.16. The fraction of sp³-hybridized carbons (Fsp3) is 0.133. The van der Waals surface area contributed by atoms with Crippen LogP contribution in [0.1, 0.15) is 26.6 Å². The van der Waals surface area contributed by atoms with Gasteiger partial charge in [0.05, 0.1) is 0 Å². The highest BCUT2D eigenvalue weighted by molar-refractivity contribution is 7.10. The number of tetrazole rings is 1. The summed E-state index contributed by atoms with van der Waals surface area (Å²) in [5.74, 6) is -1.92. The Morgan fingerprint density at radius 2 is 2.13 bits per heavy atom. The Kier molecular flexibility index (Phi) is 4.33. The van der Waals surface area contributed by atoms with Gasteiger partial charge in [-0.15, -0.1) is 21.5 Å². The Bertz CT molecular complexity index is 845. The number of nitrogens with one attached hydrogen (secondary N) is 1. The van der Waals surface area contributed by atoms with E-state index in [0.717, 1.165) is 16.0 Å². The Labute approximate surface area is 134 Å². The van der Waals surface area contributed by atoms with Crippen molar-refractivity contribution in [1.82, 2.24) is 20.6 Å². The zero-order chi connectivity index (χ0) is 16.2. The lowest BCUT2D eigenvalue weighted by atomic mass is 10.0. The van der Waals surface area contributed by atoms with Crippen molar-refractivity contribution in [2.45, 2.75) is 12.8 Å². The van der Waals surface area contributed by atoms with Gasteiger partial charge in [0, 0.05) is 11.3 Å². The molecular formula is C15H11FN4O2S. The molecule has 1 aromatic carbocycles. The van der Waals surface area contributed by atoms with Crippen molar-refractivity contribution >= 4 is 22.9 Å². The number of aromatic amines is 1. The number of aromatic nitrogens is 4. The second kappa shape index (κ2) is 6.57. The summed E-state index contributed by atoms with van der Waals surface area (Å²) in [5.41, 5.74) is 1.71. The molecule has 0 unspecified atom stereocenters.